The molecule has 1 saturated carbocycles. The van der Waals surface area contributed by atoms with Gasteiger partial charge in [-0.3, -0.25) is 4.57 Å². The van der Waals surface area contributed by atoms with Crippen LogP contribution in [0.2, 0.25) is 0 Å². The molecule has 1 aliphatic carbocycles. The lowest BCUT2D eigenvalue weighted by Gasteiger charge is -2.15. The van der Waals surface area contributed by atoms with Crippen LogP contribution in [0.25, 0.3) is 0 Å². The normalized spacial score (nSPS) is 23.3. The van der Waals surface area contributed by atoms with Crippen LogP contribution in [-0.2, 0) is 7.05 Å². The summed E-state index contributed by atoms with van der Waals surface area (Å²) in [6.07, 6.45) is 2.49. The van der Waals surface area contributed by atoms with Gasteiger partial charge >= 0.3 is 5.82 Å². The molecule has 0 bridgehead atoms. The predicted molar refractivity (Wildman–Crippen MR) is 66.4 cm³/mol. The molecule has 0 spiro atoms. The monoisotopic (exact) mass is 254 g/mol. The fourth-order valence-electron chi connectivity index (χ4n) is 2.40. The van der Waals surface area contributed by atoms with E-state index < -0.39 is 4.92 Å². The number of aromatic nitrogens is 2. The van der Waals surface area contributed by atoms with Gasteiger partial charge in [0.1, 0.15) is 0 Å². The van der Waals surface area contributed by atoms with Crippen molar-refractivity contribution in [2.75, 3.05) is 11.9 Å². The third-order valence-corrected chi connectivity index (χ3v) is 3.62. The van der Waals surface area contributed by atoms with Crippen molar-refractivity contribution < 1.29 is 10.0 Å². The quantitative estimate of drug-likeness (QED) is 0.622. The first-order chi connectivity index (χ1) is 8.50. The van der Waals surface area contributed by atoms with Crippen molar-refractivity contribution in [2.45, 2.75) is 32.3 Å². The van der Waals surface area contributed by atoms with E-state index in [1.807, 2.05) is 0 Å². The minimum Gasteiger partial charge on any atom is -0.393 e. The van der Waals surface area contributed by atoms with Crippen molar-refractivity contribution in [3.8, 4) is 0 Å². The molecule has 1 fully saturated rings. The molecule has 2 N–H and O–H groups in total. The second-order valence-electron chi connectivity index (χ2n) is 4.79. The number of rotatable bonds is 4. The fraction of sp³-hybridized carbons (Fsp3) is 0.727. The van der Waals surface area contributed by atoms with E-state index in [-0.39, 0.29) is 17.8 Å². The molecule has 1 aromatic rings. The highest BCUT2D eigenvalue weighted by Crippen LogP contribution is 2.28. The molecule has 2 rings (SSSR count). The molecule has 1 heterocycles. The van der Waals surface area contributed by atoms with Crippen molar-refractivity contribution in [3.05, 3.63) is 15.9 Å². The summed E-state index contributed by atoms with van der Waals surface area (Å²) in [4.78, 5) is 14.3. The molecule has 2 unspecified atom stereocenters. The van der Waals surface area contributed by atoms with Crippen molar-refractivity contribution in [1.29, 1.82) is 0 Å². The molecular formula is C11H18N4O3. The van der Waals surface area contributed by atoms with Crippen LogP contribution in [0.5, 0.6) is 0 Å². The smallest absolute Gasteiger partial charge is 0.393 e. The van der Waals surface area contributed by atoms with Crippen molar-refractivity contribution in [3.63, 3.8) is 0 Å². The van der Waals surface area contributed by atoms with E-state index in [0.29, 0.717) is 18.2 Å². The summed E-state index contributed by atoms with van der Waals surface area (Å²) in [6.45, 7) is 2.27. The van der Waals surface area contributed by atoms with Crippen LogP contribution in [0, 0.1) is 23.0 Å². The average molecular weight is 254 g/mol. The molecule has 0 radical (unpaired) electrons. The summed E-state index contributed by atoms with van der Waals surface area (Å²) >= 11 is 0. The SMILES string of the molecule is Cc1nc([N+](=O)[O-])c(NCC2CCCC2O)n1C. The number of nitrogens with one attached hydrogen (secondary N) is 1. The predicted octanol–water partition coefficient (Wildman–Crippen LogP) is 1.21. The molecule has 7 heteroatoms. The number of imidazole rings is 1. The molecule has 18 heavy (non-hydrogen) atoms. The maximum absolute atomic E-state index is 10.9. The van der Waals surface area contributed by atoms with Gasteiger partial charge in [-0.25, -0.2) is 0 Å². The highest BCUT2D eigenvalue weighted by molar-refractivity contribution is 5.53. The van der Waals surface area contributed by atoms with Crippen LogP contribution in [0.3, 0.4) is 0 Å². The highest BCUT2D eigenvalue weighted by atomic mass is 16.6. The number of aliphatic hydroxyl groups excluding tert-OH is 1. The molecule has 1 aromatic heterocycles. The number of nitrogens with zero attached hydrogens (tertiary/aromatic N) is 3. The molecule has 0 saturated heterocycles. The molecule has 0 aromatic carbocycles. The largest absolute Gasteiger partial charge is 0.406 e. The van der Waals surface area contributed by atoms with E-state index in [1.54, 1.807) is 18.5 Å². The van der Waals surface area contributed by atoms with Crippen LogP contribution in [0.15, 0.2) is 0 Å². The maximum Gasteiger partial charge on any atom is 0.406 e. The summed E-state index contributed by atoms with van der Waals surface area (Å²) in [5, 5.41) is 23.7. The maximum atomic E-state index is 10.9. The molecule has 0 aliphatic heterocycles. The zero-order valence-corrected chi connectivity index (χ0v) is 10.6. The van der Waals surface area contributed by atoms with Gasteiger partial charge in [-0.05, 0) is 22.7 Å². The van der Waals surface area contributed by atoms with Crippen LogP contribution in [-0.4, -0.2) is 32.2 Å². The highest BCUT2D eigenvalue weighted by Gasteiger charge is 2.28. The van der Waals surface area contributed by atoms with Gasteiger partial charge in [-0.15, -0.1) is 0 Å². The Balaban J connectivity index is 2.11. The first-order valence-corrected chi connectivity index (χ1v) is 6.10. The number of aliphatic hydroxyl groups is 1. The van der Waals surface area contributed by atoms with Crippen molar-refractivity contribution >= 4 is 11.6 Å². The third kappa shape index (κ3) is 2.31. The second kappa shape index (κ2) is 4.93. The fourth-order valence-corrected chi connectivity index (χ4v) is 2.40. The van der Waals surface area contributed by atoms with Crippen molar-refractivity contribution in [1.82, 2.24) is 9.55 Å². The zero-order valence-electron chi connectivity index (χ0n) is 10.6. The Morgan fingerprint density at radius 2 is 2.33 bits per heavy atom. The summed E-state index contributed by atoms with van der Waals surface area (Å²) in [5.74, 6) is 1.02. The van der Waals surface area contributed by atoms with Gasteiger partial charge in [0.2, 0.25) is 11.6 Å². The lowest BCUT2D eigenvalue weighted by molar-refractivity contribution is -0.388. The number of nitro groups is 1. The molecule has 100 valence electrons. The lowest BCUT2D eigenvalue weighted by Crippen LogP contribution is -2.23. The third-order valence-electron chi connectivity index (χ3n) is 3.62. The summed E-state index contributed by atoms with van der Waals surface area (Å²) < 4.78 is 1.67. The van der Waals surface area contributed by atoms with E-state index in [2.05, 4.69) is 10.3 Å². The lowest BCUT2D eigenvalue weighted by atomic mass is 10.1. The summed E-state index contributed by atoms with van der Waals surface area (Å²) in [7, 11) is 1.74. The molecular weight excluding hydrogens is 236 g/mol. The first kappa shape index (κ1) is 12.8. The van der Waals surface area contributed by atoms with E-state index in [1.165, 1.54) is 0 Å². The van der Waals surface area contributed by atoms with Crippen LogP contribution < -0.4 is 5.32 Å². The van der Waals surface area contributed by atoms with Crippen molar-refractivity contribution in [2.24, 2.45) is 13.0 Å². The Labute approximate surface area is 105 Å². The number of aryl methyl sites for hydroxylation is 1. The van der Waals surface area contributed by atoms with E-state index in [4.69, 9.17) is 0 Å². The van der Waals surface area contributed by atoms with Crippen LogP contribution >= 0.6 is 0 Å². The Morgan fingerprint density at radius 1 is 1.61 bits per heavy atom. The number of anilines is 1. The summed E-state index contributed by atoms with van der Waals surface area (Å²) in [5.41, 5.74) is 0. The van der Waals surface area contributed by atoms with Gasteiger partial charge in [0.25, 0.3) is 0 Å². The van der Waals surface area contributed by atoms with E-state index >= 15 is 0 Å². The Bertz CT molecular complexity index is 457. The van der Waals surface area contributed by atoms with E-state index in [0.717, 1.165) is 19.3 Å². The summed E-state index contributed by atoms with van der Waals surface area (Å²) in [6, 6.07) is 0. The molecule has 1 aliphatic rings. The first-order valence-electron chi connectivity index (χ1n) is 6.10. The minimum atomic E-state index is -0.486. The zero-order chi connectivity index (χ0) is 13.3. The Hall–Kier alpha value is -1.63. The topological polar surface area (TPSA) is 93.2 Å². The minimum absolute atomic E-state index is 0.150. The molecule has 2 atom stereocenters. The molecule has 0 amide bonds. The number of hydrogen-bond acceptors (Lipinski definition) is 5. The second-order valence-corrected chi connectivity index (χ2v) is 4.79. The average Bonchev–Trinajstić information content (AvgIpc) is 2.83. The van der Waals surface area contributed by atoms with Gasteiger partial charge in [0, 0.05) is 26.4 Å². The van der Waals surface area contributed by atoms with Crippen LogP contribution in [0.1, 0.15) is 25.1 Å². The molecule has 7 nitrogen and oxygen atoms in total. The van der Waals surface area contributed by atoms with Gasteiger partial charge in [0.05, 0.1) is 6.10 Å². The van der Waals surface area contributed by atoms with Gasteiger partial charge in [-0.1, -0.05) is 6.42 Å². The van der Waals surface area contributed by atoms with E-state index in [9.17, 15) is 15.2 Å². The Kier molecular flexibility index (Phi) is 3.51. The number of hydrogen-bond donors (Lipinski definition) is 2. The standard InChI is InChI=1S/C11H18N4O3/c1-7-13-11(15(17)18)10(14(7)2)12-6-8-4-3-5-9(8)16/h8-9,12,16H,3-6H2,1-2H3. The van der Waals surface area contributed by atoms with Crippen LogP contribution in [0.4, 0.5) is 11.6 Å². The van der Waals surface area contributed by atoms with Gasteiger partial charge in [-0.2, -0.15) is 0 Å². The van der Waals surface area contributed by atoms with Gasteiger partial charge in [0.15, 0.2) is 0 Å². The van der Waals surface area contributed by atoms with Gasteiger partial charge < -0.3 is 20.5 Å². The Morgan fingerprint density at radius 3 is 2.89 bits per heavy atom.